The predicted molar refractivity (Wildman–Crippen MR) is 85.7 cm³/mol. The average Bonchev–Trinajstić information content (AvgIpc) is 2.84. The number of aromatic nitrogens is 2. The Kier molecular flexibility index (Phi) is 3.98. The zero-order chi connectivity index (χ0) is 15.0. The lowest BCUT2D eigenvalue weighted by Gasteiger charge is -2.11. The first kappa shape index (κ1) is 14.5. The van der Waals surface area contributed by atoms with E-state index in [2.05, 4.69) is 4.98 Å². The average molecular weight is 342 g/mol. The highest BCUT2D eigenvalue weighted by Crippen LogP contribution is 2.32. The Labute approximate surface area is 137 Å². The molecule has 2 aromatic heterocycles. The number of pyridine rings is 1. The van der Waals surface area contributed by atoms with Crippen molar-refractivity contribution in [2.75, 3.05) is 0 Å². The van der Waals surface area contributed by atoms with Gasteiger partial charge in [-0.3, -0.25) is 0 Å². The molecule has 3 nitrogen and oxygen atoms in total. The molecule has 0 amide bonds. The summed E-state index contributed by atoms with van der Waals surface area (Å²) in [5, 5.41) is 1.39. The highest BCUT2D eigenvalue weighted by Gasteiger charge is 2.12. The van der Waals surface area contributed by atoms with Gasteiger partial charge in [-0.05, 0) is 31.2 Å². The number of benzene rings is 1. The fourth-order valence-corrected chi connectivity index (χ4v) is 2.73. The van der Waals surface area contributed by atoms with Crippen molar-refractivity contribution in [1.29, 1.82) is 0 Å². The zero-order valence-corrected chi connectivity index (χ0v) is 13.4. The molecule has 6 heteroatoms. The van der Waals surface area contributed by atoms with Crippen molar-refractivity contribution < 1.29 is 4.74 Å². The molecule has 0 fully saturated rings. The van der Waals surface area contributed by atoms with Gasteiger partial charge in [-0.1, -0.05) is 34.8 Å². The van der Waals surface area contributed by atoms with Gasteiger partial charge in [-0.2, -0.15) is 0 Å². The third kappa shape index (κ3) is 2.82. The van der Waals surface area contributed by atoms with E-state index < -0.39 is 0 Å². The van der Waals surface area contributed by atoms with Gasteiger partial charge >= 0.3 is 0 Å². The molecular weight excluding hydrogens is 331 g/mol. The largest absolute Gasteiger partial charge is 0.485 e. The molecular formula is C15H11Cl3N2O. The van der Waals surface area contributed by atoms with E-state index in [1.165, 1.54) is 0 Å². The number of hydrogen-bond donors (Lipinski definition) is 0. The van der Waals surface area contributed by atoms with Gasteiger partial charge < -0.3 is 9.14 Å². The summed E-state index contributed by atoms with van der Waals surface area (Å²) in [5.74, 6) is 0.665. The van der Waals surface area contributed by atoms with Crippen molar-refractivity contribution in [2.45, 2.75) is 13.5 Å². The highest BCUT2D eigenvalue weighted by atomic mass is 35.5. The van der Waals surface area contributed by atoms with Gasteiger partial charge in [0.25, 0.3) is 0 Å². The van der Waals surface area contributed by atoms with E-state index in [-0.39, 0.29) is 6.61 Å². The van der Waals surface area contributed by atoms with Crippen molar-refractivity contribution in [3.8, 4) is 5.75 Å². The molecule has 108 valence electrons. The molecule has 0 radical (unpaired) electrons. The summed E-state index contributed by atoms with van der Waals surface area (Å²) in [7, 11) is 0. The molecule has 0 aliphatic rings. The van der Waals surface area contributed by atoms with Crippen LogP contribution in [0, 0.1) is 6.92 Å². The summed E-state index contributed by atoms with van der Waals surface area (Å²) in [6.45, 7) is 2.16. The quantitative estimate of drug-likeness (QED) is 0.613. The van der Waals surface area contributed by atoms with E-state index in [0.717, 1.165) is 11.3 Å². The summed E-state index contributed by atoms with van der Waals surface area (Å²) in [5.41, 5.74) is 2.34. The molecule has 0 bridgehead atoms. The minimum absolute atomic E-state index is 0.226. The molecule has 0 unspecified atom stereocenters. The number of ether oxygens (including phenoxy) is 1. The summed E-state index contributed by atoms with van der Waals surface area (Å²) in [6, 6.07) is 7.11. The summed E-state index contributed by atoms with van der Waals surface area (Å²) >= 11 is 18.3. The van der Waals surface area contributed by atoms with Gasteiger partial charge in [0.2, 0.25) is 0 Å². The van der Waals surface area contributed by atoms with Crippen LogP contribution in [0.15, 0.2) is 36.7 Å². The second-order valence-electron chi connectivity index (χ2n) is 4.60. The van der Waals surface area contributed by atoms with E-state index in [4.69, 9.17) is 39.5 Å². The van der Waals surface area contributed by atoms with Crippen LogP contribution in [-0.4, -0.2) is 9.38 Å². The number of nitrogens with zero attached hydrogens (tertiary/aromatic N) is 2. The lowest BCUT2D eigenvalue weighted by molar-refractivity contribution is 0.308. The molecule has 3 rings (SSSR count). The standard InChI is InChI=1S/C15H11Cl3N2O/c1-9-7-20-6-2-3-13(15(20)19-9)21-8-10-11(16)4-5-12(17)14(10)18/h2-7H,8H2,1H3. The minimum atomic E-state index is 0.226. The molecule has 0 aliphatic carbocycles. The van der Waals surface area contributed by atoms with Crippen LogP contribution in [0.2, 0.25) is 15.1 Å². The molecule has 0 atom stereocenters. The summed E-state index contributed by atoms with van der Waals surface area (Å²) in [6.07, 6.45) is 3.85. The maximum absolute atomic E-state index is 6.17. The molecule has 0 N–H and O–H groups in total. The van der Waals surface area contributed by atoms with E-state index in [1.807, 2.05) is 35.9 Å². The first-order valence-electron chi connectivity index (χ1n) is 6.26. The predicted octanol–water partition coefficient (Wildman–Crippen LogP) is 5.18. The zero-order valence-electron chi connectivity index (χ0n) is 11.1. The molecule has 0 saturated carbocycles. The van der Waals surface area contributed by atoms with Crippen molar-refractivity contribution >= 4 is 40.4 Å². The molecule has 0 saturated heterocycles. The summed E-state index contributed by atoms with van der Waals surface area (Å²) < 4.78 is 7.73. The molecule has 3 aromatic rings. The van der Waals surface area contributed by atoms with Crippen molar-refractivity contribution in [3.63, 3.8) is 0 Å². The highest BCUT2D eigenvalue weighted by molar-refractivity contribution is 6.44. The van der Waals surface area contributed by atoms with Gasteiger partial charge in [-0.25, -0.2) is 4.98 Å². The topological polar surface area (TPSA) is 26.5 Å². The second kappa shape index (κ2) is 5.76. The smallest absolute Gasteiger partial charge is 0.179 e. The normalized spacial score (nSPS) is 11.0. The maximum atomic E-state index is 6.17. The van der Waals surface area contributed by atoms with E-state index >= 15 is 0 Å². The Morgan fingerprint density at radius 3 is 2.71 bits per heavy atom. The Morgan fingerprint density at radius 2 is 1.90 bits per heavy atom. The number of imidazole rings is 1. The van der Waals surface area contributed by atoms with Crippen LogP contribution >= 0.6 is 34.8 Å². The van der Waals surface area contributed by atoms with Gasteiger partial charge in [-0.15, -0.1) is 0 Å². The Balaban J connectivity index is 1.92. The lowest BCUT2D eigenvalue weighted by atomic mass is 10.2. The molecule has 2 heterocycles. The lowest BCUT2D eigenvalue weighted by Crippen LogP contribution is -1.99. The van der Waals surface area contributed by atoms with Gasteiger partial charge in [0, 0.05) is 23.0 Å². The monoisotopic (exact) mass is 340 g/mol. The van der Waals surface area contributed by atoms with E-state index in [1.54, 1.807) is 12.1 Å². The van der Waals surface area contributed by atoms with Gasteiger partial charge in [0.15, 0.2) is 11.4 Å². The van der Waals surface area contributed by atoms with Crippen LogP contribution in [0.5, 0.6) is 5.75 Å². The fourth-order valence-electron chi connectivity index (χ4n) is 2.07. The molecule has 0 aliphatic heterocycles. The second-order valence-corrected chi connectivity index (χ2v) is 5.79. The van der Waals surface area contributed by atoms with E-state index in [9.17, 15) is 0 Å². The summed E-state index contributed by atoms with van der Waals surface area (Å²) in [4.78, 5) is 4.43. The SMILES string of the molecule is Cc1cn2cccc(OCc3c(Cl)ccc(Cl)c3Cl)c2n1. The Morgan fingerprint density at radius 1 is 1.14 bits per heavy atom. The molecule has 1 aromatic carbocycles. The van der Waals surface area contributed by atoms with Crippen LogP contribution in [0.1, 0.15) is 11.3 Å². The van der Waals surface area contributed by atoms with Crippen molar-refractivity contribution in [1.82, 2.24) is 9.38 Å². The number of hydrogen-bond acceptors (Lipinski definition) is 2. The molecule has 21 heavy (non-hydrogen) atoms. The number of rotatable bonds is 3. The van der Waals surface area contributed by atoms with Crippen molar-refractivity contribution in [3.05, 3.63) is 63.0 Å². The van der Waals surface area contributed by atoms with Gasteiger partial charge in [0.1, 0.15) is 6.61 Å². The van der Waals surface area contributed by atoms with Crippen LogP contribution in [-0.2, 0) is 6.61 Å². The van der Waals surface area contributed by atoms with Crippen LogP contribution < -0.4 is 4.74 Å². The fraction of sp³-hybridized carbons (Fsp3) is 0.133. The first-order valence-corrected chi connectivity index (χ1v) is 7.39. The van der Waals surface area contributed by atoms with Crippen LogP contribution in [0.4, 0.5) is 0 Å². The Hall–Kier alpha value is -1.42. The van der Waals surface area contributed by atoms with Gasteiger partial charge in [0.05, 0.1) is 15.7 Å². The number of aryl methyl sites for hydroxylation is 1. The number of fused-ring (bicyclic) bond motifs is 1. The van der Waals surface area contributed by atoms with Crippen molar-refractivity contribution in [2.24, 2.45) is 0 Å². The third-order valence-corrected chi connectivity index (χ3v) is 4.28. The molecule has 0 spiro atoms. The maximum Gasteiger partial charge on any atom is 0.179 e. The Bertz CT molecular complexity index is 814. The number of halogens is 3. The minimum Gasteiger partial charge on any atom is -0.485 e. The van der Waals surface area contributed by atoms with E-state index in [0.29, 0.717) is 26.4 Å². The first-order chi connectivity index (χ1) is 10.1. The van der Waals surface area contributed by atoms with Crippen LogP contribution in [0.25, 0.3) is 5.65 Å². The van der Waals surface area contributed by atoms with Crippen LogP contribution in [0.3, 0.4) is 0 Å². The third-order valence-electron chi connectivity index (χ3n) is 3.08.